The van der Waals surface area contributed by atoms with Crippen LogP contribution < -0.4 is 4.74 Å². The number of halogens is 1. The Morgan fingerprint density at radius 2 is 2.10 bits per heavy atom. The number of alkyl halides is 1. The minimum Gasteiger partial charge on any atom is -0.493 e. The Labute approximate surface area is 121 Å². The smallest absolute Gasteiger partial charge is 0.142 e. The van der Waals surface area contributed by atoms with Gasteiger partial charge in [0, 0.05) is 11.8 Å². The number of hydrogen-bond donors (Lipinski definition) is 0. The summed E-state index contributed by atoms with van der Waals surface area (Å²) in [5, 5.41) is 0. The van der Waals surface area contributed by atoms with Gasteiger partial charge in [0.2, 0.25) is 0 Å². The fourth-order valence-electron chi connectivity index (χ4n) is 3.12. The van der Waals surface area contributed by atoms with Gasteiger partial charge in [0.1, 0.15) is 11.9 Å². The summed E-state index contributed by atoms with van der Waals surface area (Å²) >= 11 is 0. The van der Waals surface area contributed by atoms with Gasteiger partial charge in [-0.2, -0.15) is 0 Å². The van der Waals surface area contributed by atoms with Gasteiger partial charge in [-0.15, -0.1) is 0 Å². The van der Waals surface area contributed by atoms with Gasteiger partial charge in [-0.25, -0.2) is 4.39 Å². The number of aromatic nitrogens is 1. The molecule has 1 heterocycles. The lowest BCUT2D eigenvalue weighted by atomic mass is 9.85. The Balaban J connectivity index is 2.11. The van der Waals surface area contributed by atoms with Crippen molar-refractivity contribution in [3.8, 4) is 5.75 Å². The fraction of sp³-hybridized carbons (Fsp3) is 0.706. The van der Waals surface area contributed by atoms with Crippen LogP contribution in [0.1, 0.15) is 70.3 Å². The summed E-state index contributed by atoms with van der Waals surface area (Å²) in [4.78, 5) is 4.23. The Bertz CT molecular complexity index is 447. The van der Waals surface area contributed by atoms with E-state index in [4.69, 9.17) is 4.74 Å². The molecule has 3 unspecified atom stereocenters. The average molecular weight is 279 g/mol. The standard InChI is InChI=1S/C17H26FNO/c1-11(2)9-12(3)10-20-15-7-8-19-17-14(18)6-5-13(4)16(15)17/h7-8,11-14H,5-6,9-10H2,1-4H3. The quantitative estimate of drug-likeness (QED) is 0.752. The molecule has 0 radical (unpaired) electrons. The second kappa shape index (κ2) is 6.55. The first-order valence-electron chi connectivity index (χ1n) is 7.74. The molecule has 3 atom stereocenters. The number of fused-ring (bicyclic) bond motifs is 1. The predicted molar refractivity (Wildman–Crippen MR) is 79.8 cm³/mol. The zero-order valence-corrected chi connectivity index (χ0v) is 13.0. The van der Waals surface area contributed by atoms with Gasteiger partial charge < -0.3 is 4.74 Å². The Morgan fingerprint density at radius 3 is 2.80 bits per heavy atom. The molecule has 0 saturated carbocycles. The van der Waals surface area contributed by atoms with E-state index in [1.165, 1.54) is 0 Å². The van der Waals surface area contributed by atoms with E-state index < -0.39 is 6.17 Å². The number of pyridine rings is 1. The first kappa shape index (κ1) is 15.3. The molecule has 0 aliphatic heterocycles. The minimum atomic E-state index is -0.933. The van der Waals surface area contributed by atoms with Crippen LogP contribution in [-0.2, 0) is 0 Å². The molecule has 1 aromatic rings. The molecule has 0 aromatic carbocycles. The summed E-state index contributed by atoms with van der Waals surface area (Å²) in [5.41, 5.74) is 1.58. The Kier molecular flexibility index (Phi) is 5.00. The van der Waals surface area contributed by atoms with E-state index in [0.29, 0.717) is 36.5 Å². The van der Waals surface area contributed by atoms with Gasteiger partial charge in [-0.1, -0.05) is 27.7 Å². The van der Waals surface area contributed by atoms with Crippen molar-refractivity contribution in [2.75, 3.05) is 6.61 Å². The van der Waals surface area contributed by atoms with Crippen LogP contribution in [0, 0.1) is 11.8 Å². The summed E-state index contributed by atoms with van der Waals surface area (Å²) in [7, 11) is 0. The monoisotopic (exact) mass is 279 g/mol. The molecule has 0 fully saturated rings. The summed E-state index contributed by atoms with van der Waals surface area (Å²) in [6, 6.07) is 1.88. The molecular formula is C17H26FNO. The highest BCUT2D eigenvalue weighted by Crippen LogP contribution is 2.42. The highest BCUT2D eigenvalue weighted by molar-refractivity contribution is 5.41. The van der Waals surface area contributed by atoms with E-state index in [9.17, 15) is 4.39 Å². The molecule has 0 bridgehead atoms. The summed E-state index contributed by atoms with van der Waals surface area (Å²) in [6.07, 6.45) is 3.34. The second-order valence-corrected chi connectivity index (χ2v) is 6.60. The van der Waals surface area contributed by atoms with Crippen molar-refractivity contribution in [1.82, 2.24) is 4.98 Å². The topological polar surface area (TPSA) is 22.1 Å². The van der Waals surface area contributed by atoms with Crippen molar-refractivity contribution in [2.45, 2.75) is 59.0 Å². The zero-order chi connectivity index (χ0) is 14.7. The lowest BCUT2D eigenvalue weighted by Gasteiger charge is -2.27. The van der Waals surface area contributed by atoms with E-state index in [2.05, 4.69) is 32.7 Å². The highest BCUT2D eigenvalue weighted by Gasteiger charge is 2.28. The molecule has 2 nitrogen and oxygen atoms in total. The van der Waals surface area contributed by atoms with E-state index in [1.807, 2.05) is 6.07 Å². The van der Waals surface area contributed by atoms with Crippen molar-refractivity contribution in [3.63, 3.8) is 0 Å². The molecule has 112 valence electrons. The first-order chi connectivity index (χ1) is 9.49. The molecule has 1 aromatic heterocycles. The molecule has 1 aliphatic rings. The van der Waals surface area contributed by atoms with E-state index >= 15 is 0 Å². The Hall–Kier alpha value is -1.12. The van der Waals surface area contributed by atoms with E-state index in [1.54, 1.807) is 6.20 Å². The van der Waals surface area contributed by atoms with Crippen molar-refractivity contribution in [3.05, 3.63) is 23.5 Å². The van der Waals surface area contributed by atoms with Crippen LogP contribution in [0.25, 0.3) is 0 Å². The second-order valence-electron chi connectivity index (χ2n) is 6.60. The molecule has 0 spiro atoms. The number of hydrogen-bond acceptors (Lipinski definition) is 2. The van der Waals surface area contributed by atoms with Crippen LogP contribution in [0.3, 0.4) is 0 Å². The summed E-state index contributed by atoms with van der Waals surface area (Å²) in [6.45, 7) is 9.48. The van der Waals surface area contributed by atoms with Crippen molar-refractivity contribution in [2.24, 2.45) is 11.8 Å². The van der Waals surface area contributed by atoms with Gasteiger partial charge in [0.05, 0.1) is 12.3 Å². The SMILES string of the molecule is CC(C)CC(C)COc1ccnc2c1C(C)CCC2F. The van der Waals surface area contributed by atoms with Crippen molar-refractivity contribution in [1.29, 1.82) is 0 Å². The summed E-state index contributed by atoms with van der Waals surface area (Å²) in [5.74, 6) is 2.36. The van der Waals surface area contributed by atoms with Gasteiger partial charge in [0.15, 0.2) is 0 Å². The van der Waals surface area contributed by atoms with Crippen LogP contribution in [0.2, 0.25) is 0 Å². The maximum absolute atomic E-state index is 14.0. The van der Waals surface area contributed by atoms with Crippen molar-refractivity contribution < 1.29 is 9.13 Å². The largest absolute Gasteiger partial charge is 0.493 e. The van der Waals surface area contributed by atoms with Gasteiger partial charge in [0.25, 0.3) is 0 Å². The number of rotatable bonds is 5. The molecule has 1 aliphatic carbocycles. The lowest BCUT2D eigenvalue weighted by Crippen LogP contribution is -2.16. The predicted octanol–water partition coefficient (Wildman–Crippen LogP) is 5.05. The molecule has 2 rings (SSSR count). The fourth-order valence-corrected chi connectivity index (χ4v) is 3.12. The highest BCUT2D eigenvalue weighted by atomic mass is 19.1. The third kappa shape index (κ3) is 3.50. The normalized spacial score (nSPS) is 23.5. The van der Waals surface area contributed by atoms with Crippen LogP contribution in [0.15, 0.2) is 12.3 Å². The molecule has 20 heavy (non-hydrogen) atoms. The molecule has 0 N–H and O–H groups in total. The summed E-state index contributed by atoms with van der Waals surface area (Å²) < 4.78 is 20.0. The molecule has 0 saturated heterocycles. The first-order valence-corrected chi connectivity index (χ1v) is 7.74. The average Bonchev–Trinajstić information content (AvgIpc) is 2.40. The van der Waals surface area contributed by atoms with Gasteiger partial charge >= 0.3 is 0 Å². The van der Waals surface area contributed by atoms with Crippen LogP contribution in [-0.4, -0.2) is 11.6 Å². The number of nitrogens with zero attached hydrogens (tertiary/aromatic N) is 1. The van der Waals surface area contributed by atoms with Crippen LogP contribution >= 0.6 is 0 Å². The molecule has 0 amide bonds. The van der Waals surface area contributed by atoms with E-state index in [0.717, 1.165) is 24.2 Å². The Morgan fingerprint density at radius 1 is 1.35 bits per heavy atom. The number of ether oxygens (including phenoxy) is 1. The van der Waals surface area contributed by atoms with Gasteiger partial charge in [-0.05, 0) is 43.1 Å². The third-order valence-electron chi connectivity index (χ3n) is 4.02. The maximum atomic E-state index is 14.0. The van der Waals surface area contributed by atoms with Crippen LogP contribution in [0.4, 0.5) is 4.39 Å². The molecular weight excluding hydrogens is 253 g/mol. The van der Waals surface area contributed by atoms with Crippen molar-refractivity contribution >= 4 is 0 Å². The van der Waals surface area contributed by atoms with Crippen LogP contribution in [0.5, 0.6) is 5.75 Å². The van der Waals surface area contributed by atoms with Gasteiger partial charge in [-0.3, -0.25) is 4.98 Å². The van der Waals surface area contributed by atoms with E-state index in [-0.39, 0.29) is 0 Å². The maximum Gasteiger partial charge on any atom is 0.142 e. The molecule has 3 heteroatoms. The minimum absolute atomic E-state index is 0.334. The zero-order valence-electron chi connectivity index (χ0n) is 13.0. The third-order valence-corrected chi connectivity index (χ3v) is 4.02. The lowest BCUT2D eigenvalue weighted by molar-refractivity contribution is 0.228.